The number of hydrogen-bond acceptors (Lipinski definition) is 2. The molecule has 2 atom stereocenters. The molecule has 2 rings (SSSR count). The molecule has 1 heterocycles. The molecule has 0 saturated heterocycles. The number of nitrogens with one attached hydrogen (secondary N) is 1. The van der Waals surface area contributed by atoms with Crippen LogP contribution >= 0.6 is 11.6 Å². The SMILES string of the molecule is CNC1CS(=O)c2ccc(Cl)cc21. The first-order valence-electron chi connectivity index (χ1n) is 4.07. The van der Waals surface area contributed by atoms with Gasteiger partial charge in [0.2, 0.25) is 0 Å². The van der Waals surface area contributed by atoms with E-state index in [9.17, 15) is 4.21 Å². The molecule has 0 saturated carbocycles. The molecular weight excluding hydrogens is 206 g/mol. The predicted molar refractivity (Wildman–Crippen MR) is 54.5 cm³/mol. The van der Waals surface area contributed by atoms with Crippen molar-refractivity contribution in [2.45, 2.75) is 10.9 Å². The maximum atomic E-state index is 11.6. The van der Waals surface area contributed by atoms with E-state index in [1.54, 1.807) is 6.07 Å². The molecule has 70 valence electrons. The molecule has 1 aromatic carbocycles. The summed E-state index contributed by atoms with van der Waals surface area (Å²) in [4.78, 5) is 0.920. The Hall–Kier alpha value is -0.380. The Bertz CT molecular complexity index is 367. The standard InChI is InChI=1S/C9H10ClNOS/c1-11-8-5-13(12)9-3-2-6(10)4-7(8)9/h2-4,8,11H,5H2,1H3. The summed E-state index contributed by atoms with van der Waals surface area (Å²) in [7, 11) is 1.02. The molecule has 1 aromatic rings. The molecule has 0 fully saturated rings. The van der Waals surface area contributed by atoms with E-state index in [1.165, 1.54) is 0 Å². The molecule has 0 radical (unpaired) electrons. The summed E-state index contributed by atoms with van der Waals surface area (Å²) in [6, 6.07) is 5.72. The van der Waals surface area contributed by atoms with Crippen LogP contribution in [-0.4, -0.2) is 17.0 Å². The van der Waals surface area contributed by atoms with Crippen molar-refractivity contribution in [3.05, 3.63) is 28.8 Å². The third-order valence-electron chi connectivity index (χ3n) is 2.26. The Labute approximate surface area is 84.7 Å². The van der Waals surface area contributed by atoms with Gasteiger partial charge in [0, 0.05) is 21.7 Å². The molecule has 2 unspecified atom stereocenters. The van der Waals surface area contributed by atoms with Gasteiger partial charge in [-0.25, -0.2) is 0 Å². The van der Waals surface area contributed by atoms with E-state index in [0.29, 0.717) is 10.8 Å². The molecule has 0 amide bonds. The average molecular weight is 216 g/mol. The summed E-state index contributed by atoms with van der Waals surface area (Å²) in [6.07, 6.45) is 0. The lowest BCUT2D eigenvalue weighted by molar-refractivity contribution is 0.652. The first kappa shape index (κ1) is 9.19. The third kappa shape index (κ3) is 1.52. The van der Waals surface area contributed by atoms with E-state index in [1.807, 2.05) is 19.2 Å². The van der Waals surface area contributed by atoms with Crippen molar-refractivity contribution in [2.24, 2.45) is 0 Å². The maximum Gasteiger partial charge on any atom is 0.0552 e. The lowest BCUT2D eigenvalue weighted by atomic mass is 10.1. The molecule has 1 aliphatic heterocycles. The molecule has 0 aromatic heterocycles. The summed E-state index contributed by atoms with van der Waals surface area (Å²) >= 11 is 5.87. The number of benzene rings is 1. The van der Waals surface area contributed by atoms with E-state index in [4.69, 9.17) is 11.6 Å². The van der Waals surface area contributed by atoms with E-state index >= 15 is 0 Å². The molecule has 0 bridgehead atoms. The van der Waals surface area contributed by atoms with Crippen LogP contribution in [0, 0.1) is 0 Å². The van der Waals surface area contributed by atoms with Crippen LogP contribution < -0.4 is 5.32 Å². The highest BCUT2D eigenvalue weighted by atomic mass is 35.5. The fraction of sp³-hybridized carbons (Fsp3) is 0.333. The third-order valence-corrected chi connectivity index (χ3v) is 3.99. The Morgan fingerprint density at radius 2 is 2.38 bits per heavy atom. The smallest absolute Gasteiger partial charge is 0.0552 e. The van der Waals surface area contributed by atoms with Crippen LogP contribution in [-0.2, 0) is 10.8 Å². The fourth-order valence-electron chi connectivity index (χ4n) is 1.57. The van der Waals surface area contributed by atoms with Gasteiger partial charge in [-0.05, 0) is 30.8 Å². The van der Waals surface area contributed by atoms with Crippen molar-refractivity contribution in [3.63, 3.8) is 0 Å². The van der Waals surface area contributed by atoms with Crippen LogP contribution in [0.15, 0.2) is 23.1 Å². The molecule has 1 aliphatic rings. The largest absolute Gasteiger partial charge is 0.312 e. The lowest BCUT2D eigenvalue weighted by Gasteiger charge is -2.07. The van der Waals surface area contributed by atoms with Gasteiger partial charge in [-0.15, -0.1) is 0 Å². The molecule has 1 N–H and O–H groups in total. The summed E-state index contributed by atoms with van der Waals surface area (Å²) < 4.78 is 11.6. The van der Waals surface area contributed by atoms with Crippen molar-refractivity contribution < 1.29 is 4.21 Å². The van der Waals surface area contributed by atoms with Crippen molar-refractivity contribution >= 4 is 22.4 Å². The van der Waals surface area contributed by atoms with E-state index in [-0.39, 0.29) is 6.04 Å². The van der Waals surface area contributed by atoms with Gasteiger partial charge in [-0.1, -0.05) is 11.6 Å². The van der Waals surface area contributed by atoms with Gasteiger partial charge in [-0.3, -0.25) is 4.21 Å². The van der Waals surface area contributed by atoms with E-state index in [0.717, 1.165) is 10.5 Å². The number of fused-ring (bicyclic) bond motifs is 1. The topological polar surface area (TPSA) is 29.1 Å². The highest BCUT2D eigenvalue weighted by Crippen LogP contribution is 2.32. The Balaban J connectivity index is 2.52. The van der Waals surface area contributed by atoms with Crippen molar-refractivity contribution in [3.8, 4) is 0 Å². The quantitative estimate of drug-likeness (QED) is 0.773. The molecule has 13 heavy (non-hydrogen) atoms. The van der Waals surface area contributed by atoms with Gasteiger partial charge in [0.25, 0.3) is 0 Å². The minimum Gasteiger partial charge on any atom is -0.312 e. The summed E-state index contributed by atoms with van der Waals surface area (Å²) in [5, 5.41) is 3.83. The first-order chi connectivity index (χ1) is 6.22. The molecule has 0 aliphatic carbocycles. The number of rotatable bonds is 1. The van der Waals surface area contributed by atoms with Gasteiger partial charge in [-0.2, -0.15) is 0 Å². The van der Waals surface area contributed by atoms with Crippen LogP contribution in [0.2, 0.25) is 5.02 Å². The minimum atomic E-state index is -0.857. The molecule has 2 nitrogen and oxygen atoms in total. The maximum absolute atomic E-state index is 11.6. The summed E-state index contributed by atoms with van der Waals surface area (Å²) in [5.74, 6) is 0.659. The van der Waals surface area contributed by atoms with Gasteiger partial charge >= 0.3 is 0 Å². The van der Waals surface area contributed by atoms with Crippen LogP contribution in [0.5, 0.6) is 0 Å². The van der Waals surface area contributed by atoms with Crippen molar-refractivity contribution in [2.75, 3.05) is 12.8 Å². The van der Waals surface area contributed by atoms with Crippen molar-refractivity contribution in [1.29, 1.82) is 0 Å². The zero-order valence-electron chi connectivity index (χ0n) is 7.21. The lowest BCUT2D eigenvalue weighted by Crippen LogP contribution is -2.16. The first-order valence-corrected chi connectivity index (χ1v) is 5.77. The Morgan fingerprint density at radius 3 is 3.08 bits per heavy atom. The highest BCUT2D eigenvalue weighted by molar-refractivity contribution is 7.85. The minimum absolute atomic E-state index is 0.189. The second kappa shape index (κ2) is 3.40. The highest BCUT2D eigenvalue weighted by Gasteiger charge is 2.26. The Morgan fingerprint density at radius 1 is 1.62 bits per heavy atom. The zero-order valence-corrected chi connectivity index (χ0v) is 8.78. The average Bonchev–Trinajstić information content (AvgIpc) is 2.42. The fourth-order valence-corrected chi connectivity index (χ4v) is 3.26. The van der Waals surface area contributed by atoms with E-state index in [2.05, 4.69) is 5.32 Å². The van der Waals surface area contributed by atoms with Crippen LogP contribution in [0.1, 0.15) is 11.6 Å². The van der Waals surface area contributed by atoms with Gasteiger partial charge in [0.15, 0.2) is 0 Å². The second-order valence-corrected chi connectivity index (χ2v) is 4.94. The van der Waals surface area contributed by atoms with E-state index < -0.39 is 10.8 Å². The second-order valence-electron chi connectivity index (χ2n) is 3.04. The monoisotopic (exact) mass is 215 g/mol. The zero-order chi connectivity index (χ0) is 9.42. The van der Waals surface area contributed by atoms with Crippen LogP contribution in [0.25, 0.3) is 0 Å². The number of hydrogen-bond donors (Lipinski definition) is 1. The molecule has 4 heteroatoms. The van der Waals surface area contributed by atoms with Crippen molar-refractivity contribution in [1.82, 2.24) is 5.32 Å². The van der Waals surface area contributed by atoms with Crippen LogP contribution in [0.3, 0.4) is 0 Å². The molecular formula is C9H10ClNOS. The molecule has 0 spiro atoms. The van der Waals surface area contributed by atoms with Crippen LogP contribution in [0.4, 0.5) is 0 Å². The summed E-state index contributed by atoms with van der Waals surface area (Å²) in [5.41, 5.74) is 1.08. The van der Waals surface area contributed by atoms with Gasteiger partial charge in [0.05, 0.1) is 10.8 Å². The summed E-state index contributed by atoms with van der Waals surface area (Å²) in [6.45, 7) is 0. The normalized spacial score (nSPS) is 26.0. The number of halogens is 1. The Kier molecular flexibility index (Phi) is 2.41. The van der Waals surface area contributed by atoms with Gasteiger partial charge in [0.1, 0.15) is 0 Å². The van der Waals surface area contributed by atoms with Gasteiger partial charge < -0.3 is 5.32 Å². The predicted octanol–water partition coefficient (Wildman–Crippen LogP) is 1.72.